The van der Waals surface area contributed by atoms with E-state index in [9.17, 15) is 9.59 Å². The molecule has 3 heterocycles. The molecule has 0 aliphatic carbocycles. The third-order valence-corrected chi connectivity index (χ3v) is 6.19. The molecule has 2 atom stereocenters. The molecule has 3 aliphatic rings. The predicted molar refractivity (Wildman–Crippen MR) is 132 cm³/mol. The summed E-state index contributed by atoms with van der Waals surface area (Å²) in [5, 5.41) is 6.38. The second-order valence-corrected chi connectivity index (χ2v) is 10.3. The summed E-state index contributed by atoms with van der Waals surface area (Å²) >= 11 is 0. The fourth-order valence-electron chi connectivity index (χ4n) is 4.40. The zero-order chi connectivity index (χ0) is 24.6. The van der Waals surface area contributed by atoms with Crippen LogP contribution in [0.2, 0.25) is 0 Å². The smallest absolute Gasteiger partial charge is 0.410 e. The van der Waals surface area contributed by atoms with E-state index < -0.39 is 5.60 Å². The molecular formula is C25H43N5O4. The van der Waals surface area contributed by atoms with Crippen LogP contribution in [0.15, 0.2) is 23.9 Å². The zero-order valence-corrected chi connectivity index (χ0v) is 21.3. The Hall–Kier alpha value is -2.10. The fourth-order valence-corrected chi connectivity index (χ4v) is 4.40. The molecule has 34 heavy (non-hydrogen) atoms. The molecule has 0 saturated carbocycles. The van der Waals surface area contributed by atoms with Crippen LogP contribution in [-0.2, 0) is 14.3 Å². The number of carbonyl (C=O) groups is 2. The largest absolute Gasteiger partial charge is 0.444 e. The molecule has 2 N–H and O–H groups in total. The van der Waals surface area contributed by atoms with Gasteiger partial charge in [-0.15, -0.1) is 0 Å². The maximum absolute atomic E-state index is 12.5. The molecule has 0 spiro atoms. The second-order valence-electron chi connectivity index (χ2n) is 10.3. The van der Waals surface area contributed by atoms with Crippen LogP contribution in [0.4, 0.5) is 4.79 Å². The average molecular weight is 478 g/mol. The van der Waals surface area contributed by atoms with Crippen LogP contribution in [-0.4, -0.2) is 104 Å². The van der Waals surface area contributed by atoms with Crippen LogP contribution in [0.1, 0.15) is 47.0 Å². The summed E-state index contributed by atoms with van der Waals surface area (Å²) in [6.45, 7) is 14.7. The number of dihydropyridines is 1. The van der Waals surface area contributed by atoms with Crippen molar-refractivity contribution in [1.29, 1.82) is 0 Å². The Morgan fingerprint density at radius 3 is 2.79 bits per heavy atom. The predicted octanol–water partition coefficient (Wildman–Crippen LogP) is 1.92. The van der Waals surface area contributed by atoms with Gasteiger partial charge >= 0.3 is 6.09 Å². The van der Waals surface area contributed by atoms with Crippen molar-refractivity contribution in [2.75, 3.05) is 59.0 Å². The van der Waals surface area contributed by atoms with Gasteiger partial charge in [-0.25, -0.2) is 4.79 Å². The van der Waals surface area contributed by atoms with Crippen LogP contribution in [0.3, 0.4) is 0 Å². The van der Waals surface area contributed by atoms with Gasteiger partial charge in [0.1, 0.15) is 11.3 Å². The van der Waals surface area contributed by atoms with Crippen LogP contribution in [0.5, 0.6) is 0 Å². The number of morpholine rings is 1. The highest BCUT2D eigenvalue weighted by Crippen LogP contribution is 2.16. The van der Waals surface area contributed by atoms with Gasteiger partial charge in [0.25, 0.3) is 5.91 Å². The molecule has 3 rings (SSSR count). The topological polar surface area (TPSA) is 86.4 Å². The molecule has 2 saturated heterocycles. The minimum atomic E-state index is -0.494. The lowest BCUT2D eigenvalue weighted by molar-refractivity contribution is -0.118. The van der Waals surface area contributed by atoms with Crippen LogP contribution in [0, 0.1) is 0 Å². The molecule has 2 fully saturated rings. The first-order valence-electron chi connectivity index (χ1n) is 12.7. The molecule has 0 aromatic heterocycles. The quantitative estimate of drug-likeness (QED) is 0.542. The van der Waals surface area contributed by atoms with Crippen molar-refractivity contribution in [3.63, 3.8) is 0 Å². The molecule has 9 nitrogen and oxygen atoms in total. The summed E-state index contributed by atoms with van der Waals surface area (Å²) in [5.41, 5.74) is 0.133. The first kappa shape index (κ1) is 26.5. The molecule has 0 aromatic rings. The highest BCUT2D eigenvalue weighted by atomic mass is 16.6. The Labute approximate surface area is 204 Å². The van der Waals surface area contributed by atoms with E-state index in [2.05, 4.69) is 33.4 Å². The van der Waals surface area contributed by atoms with Crippen LogP contribution in [0.25, 0.3) is 0 Å². The van der Waals surface area contributed by atoms with E-state index in [4.69, 9.17) is 9.47 Å². The number of hydrogen-bond donors (Lipinski definition) is 2. The highest BCUT2D eigenvalue weighted by molar-refractivity contribution is 5.93. The van der Waals surface area contributed by atoms with Gasteiger partial charge in [-0.1, -0.05) is 19.4 Å². The van der Waals surface area contributed by atoms with E-state index in [0.717, 1.165) is 52.0 Å². The standard InChI is InChI=1S/C25H43N5O4/c1-5-6-11-26-23(31)21-9-7-10-22(27-21)29-13-8-12-28(14-15-29)18-20-19-30(16-17-33-20)24(32)34-25(2,3)4/h7,9-10,20,22,27H,5-6,8,11-19H2,1-4H3,(H,26,31). The Bertz CT molecular complexity index is 748. The highest BCUT2D eigenvalue weighted by Gasteiger charge is 2.30. The lowest BCUT2D eigenvalue weighted by Crippen LogP contribution is -2.51. The maximum Gasteiger partial charge on any atom is 0.410 e. The minimum Gasteiger partial charge on any atom is -0.444 e. The summed E-state index contributed by atoms with van der Waals surface area (Å²) in [7, 11) is 0. The minimum absolute atomic E-state index is 0.0122. The number of nitrogens with zero attached hydrogens (tertiary/aromatic N) is 3. The first-order chi connectivity index (χ1) is 16.2. The van der Waals surface area contributed by atoms with E-state index >= 15 is 0 Å². The third-order valence-electron chi connectivity index (χ3n) is 6.19. The van der Waals surface area contributed by atoms with Gasteiger partial charge in [0, 0.05) is 39.3 Å². The average Bonchev–Trinajstić information content (AvgIpc) is 3.04. The number of allylic oxidation sites excluding steroid dienone is 2. The molecule has 9 heteroatoms. The molecule has 2 amide bonds. The van der Waals surface area contributed by atoms with Gasteiger partial charge in [-0.05, 0) is 52.3 Å². The molecule has 192 valence electrons. The Morgan fingerprint density at radius 2 is 2.03 bits per heavy atom. The van der Waals surface area contributed by atoms with Gasteiger partial charge in [0.2, 0.25) is 0 Å². The monoisotopic (exact) mass is 477 g/mol. The van der Waals surface area contributed by atoms with Gasteiger partial charge in [0.05, 0.1) is 25.4 Å². The lowest BCUT2D eigenvalue weighted by Gasteiger charge is -2.36. The van der Waals surface area contributed by atoms with Gasteiger partial charge in [-0.2, -0.15) is 0 Å². The number of nitrogens with one attached hydrogen (secondary N) is 2. The molecular weight excluding hydrogens is 434 g/mol. The Morgan fingerprint density at radius 1 is 1.21 bits per heavy atom. The number of ether oxygens (including phenoxy) is 2. The summed E-state index contributed by atoms with van der Waals surface area (Å²) in [6.07, 6.45) is 8.76. The maximum atomic E-state index is 12.5. The SMILES string of the molecule is CCCCNC(=O)C1=CC=CC(N2CCCN(CC3CN(C(=O)OC(C)(C)C)CCO3)CC2)N1. The van der Waals surface area contributed by atoms with E-state index in [1.165, 1.54) is 0 Å². The third kappa shape index (κ3) is 8.29. The summed E-state index contributed by atoms with van der Waals surface area (Å²) in [6, 6.07) is 0. The Balaban J connectivity index is 1.45. The summed E-state index contributed by atoms with van der Waals surface area (Å²) in [4.78, 5) is 31.5. The fraction of sp³-hybridized carbons (Fsp3) is 0.760. The summed E-state index contributed by atoms with van der Waals surface area (Å²) < 4.78 is 11.5. The van der Waals surface area contributed by atoms with Crippen LogP contribution < -0.4 is 10.6 Å². The molecule has 0 radical (unpaired) electrons. The molecule has 0 bridgehead atoms. The lowest BCUT2D eigenvalue weighted by atomic mass is 10.2. The van der Waals surface area contributed by atoms with E-state index in [1.54, 1.807) is 4.90 Å². The summed E-state index contributed by atoms with van der Waals surface area (Å²) in [5.74, 6) is -0.0387. The number of carbonyl (C=O) groups excluding carboxylic acids is 2. The van der Waals surface area contributed by atoms with Crippen molar-refractivity contribution in [3.8, 4) is 0 Å². The molecule has 3 aliphatic heterocycles. The zero-order valence-electron chi connectivity index (χ0n) is 21.3. The van der Waals surface area contributed by atoms with Crippen molar-refractivity contribution in [2.45, 2.75) is 64.8 Å². The van der Waals surface area contributed by atoms with E-state index in [1.807, 2.05) is 32.9 Å². The van der Waals surface area contributed by atoms with E-state index in [0.29, 0.717) is 31.9 Å². The van der Waals surface area contributed by atoms with Crippen molar-refractivity contribution in [2.24, 2.45) is 0 Å². The van der Waals surface area contributed by atoms with Crippen molar-refractivity contribution < 1.29 is 19.1 Å². The number of unbranched alkanes of at least 4 members (excludes halogenated alkanes) is 1. The number of hydrogen-bond acceptors (Lipinski definition) is 7. The molecule has 2 unspecified atom stereocenters. The van der Waals surface area contributed by atoms with Crippen molar-refractivity contribution >= 4 is 12.0 Å². The normalized spacial score (nSPS) is 24.7. The van der Waals surface area contributed by atoms with Crippen molar-refractivity contribution in [3.05, 3.63) is 23.9 Å². The molecule has 0 aromatic carbocycles. The van der Waals surface area contributed by atoms with Gasteiger partial charge < -0.3 is 25.0 Å². The van der Waals surface area contributed by atoms with Crippen molar-refractivity contribution in [1.82, 2.24) is 25.3 Å². The van der Waals surface area contributed by atoms with Gasteiger partial charge in [-0.3, -0.25) is 14.6 Å². The van der Waals surface area contributed by atoms with E-state index in [-0.39, 0.29) is 24.3 Å². The van der Waals surface area contributed by atoms with Gasteiger partial charge in [0.15, 0.2) is 0 Å². The number of amides is 2. The number of rotatable bonds is 7. The second kappa shape index (κ2) is 12.6. The van der Waals surface area contributed by atoms with Crippen LogP contribution >= 0.6 is 0 Å². The first-order valence-corrected chi connectivity index (χ1v) is 12.7. The Kier molecular flexibility index (Phi) is 9.79.